The molecule has 2 aromatic rings. The van der Waals surface area contributed by atoms with Gasteiger partial charge in [0, 0.05) is 31.4 Å². The molecule has 0 unspecified atom stereocenters. The van der Waals surface area contributed by atoms with E-state index in [-0.39, 0.29) is 17.1 Å². The first-order valence-electron chi connectivity index (χ1n) is 11.4. The van der Waals surface area contributed by atoms with Crippen molar-refractivity contribution in [2.24, 2.45) is 0 Å². The lowest BCUT2D eigenvalue weighted by atomic mass is 10.0. The number of carbonyl (C=O) groups excluding carboxylic acids is 1. The van der Waals surface area contributed by atoms with Gasteiger partial charge in [-0.2, -0.15) is 0 Å². The Kier molecular flexibility index (Phi) is 8.79. The lowest BCUT2D eigenvalue weighted by molar-refractivity contribution is 0.0383. The molecule has 2 heterocycles. The second-order valence-corrected chi connectivity index (χ2v) is 8.49. The number of pyridine rings is 1. The van der Waals surface area contributed by atoms with Gasteiger partial charge in [-0.25, -0.2) is 4.39 Å². The van der Waals surface area contributed by atoms with Crippen molar-refractivity contribution in [3.05, 3.63) is 73.8 Å². The van der Waals surface area contributed by atoms with Crippen molar-refractivity contribution in [2.75, 3.05) is 39.4 Å². The van der Waals surface area contributed by atoms with Gasteiger partial charge in [0.1, 0.15) is 17.1 Å². The molecule has 182 valence electrons. The molecule has 3 N–H and O–H groups in total. The third kappa shape index (κ3) is 6.42. The Bertz CT molecular complexity index is 1220. The molecule has 1 fully saturated rings. The number of allylic oxidation sites excluding steroid dienone is 2. The van der Waals surface area contributed by atoms with Gasteiger partial charge in [-0.1, -0.05) is 23.8 Å². The molecule has 0 bridgehead atoms. The summed E-state index contributed by atoms with van der Waals surface area (Å²) in [6.45, 7) is 9.40. The number of nitrogens with one attached hydrogen (secondary N) is 2. The fourth-order valence-corrected chi connectivity index (χ4v) is 3.93. The number of carbonyl (C=O) groups is 1. The SMILES string of the molecule is C/C=C(\C=c1\[nH]c(=O)c(C(=O)NCCN2CCOCC2)c(O)c1=C(C)C)Cc1ccc(F)cc1. The lowest BCUT2D eigenvalue weighted by Crippen LogP contribution is -2.44. The van der Waals surface area contributed by atoms with E-state index in [2.05, 4.69) is 15.2 Å². The summed E-state index contributed by atoms with van der Waals surface area (Å²) in [5.74, 6) is -1.25. The number of nitrogens with zero attached hydrogens (tertiary/aromatic N) is 1. The first kappa shape index (κ1) is 25.4. The molecule has 1 amide bonds. The predicted molar refractivity (Wildman–Crippen MR) is 131 cm³/mol. The molecule has 3 rings (SSSR count). The van der Waals surface area contributed by atoms with Crippen LogP contribution in [0.5, 0.6) is 5.75 Å². The first-order chi connectivity index (χ1) is 16.3. The number of aromatic hydroxyl groups is 1. The maximum atomic E-state index is 13.2. The highest BCUT2D eigenvalue weighted by Crippen LogP contribution is 2.11. The van der Waals surface area contributed by atoms with Crippen LogP contribution < -0.4 is 21.4 Å². The van der Waals surface area contributed by atoms with Gasteiger partial charge >= 0.3 is 0 Å². The highest BCUT2D eigenvalue weighted by molar-refractivity contribution is 5.96. The number of hydrogen-bond donors (Lipinski definition) is 3. The highest BCUT2D eigenvalue weighted by Gasteiger charge is 2.19. The standard InChI is InChI=1S/C26H32FN3O4/c1-4-18(15-19-5-7-20(27)8-6-19)16-21-22(17(2)3)24(31)23(26(33)29-21)25(32)28-9-10-30-11-13-34-14-12-30/h4-8,16,31H,9-15H2,1-3H3,(H,28,32)(H,29,33)/b18-4-,21-16+. The van der Waals surface area contributed by atoms with Crippen LogP contribution in [0.3, 0.4) is 0 Å². The summed E-state index contributed by atoms with van der Waals surface area (Å²) in [7, 11) is 0. The molecule has 0 saturated carbocycles. The van der Waals surface area contributed by atoms with Crippen LogP contribution >= 0.6 is 0 Å². The number of hydrogen-bond acceptors (Lipinski definition) is 5. The third-order valence-corrected chi connectivity index (χ3v) is 5.78. The second kappa shape index (κ2) is 11.8. The Balaban J connectivity index is 1.88. The fraction of sp³-hybridized carbons (Fsp3) is 0.385. The third-order valence-electron chi connectivity index (χ3n) is 5.78. The zero-order valence-electron chi connectivity index (χ0n) is 19.9. The van der Waals surface area contributed by atoms with E-state index in [0.717, 1.165) is 29.8 Å². The van der Waals surface area contributed by atoms with Crippen molar-refractivity contribution >= 4 is 17.6 Å². The summed E-state index contributed by atoms with van der Waals surface area (Å²) < 4.78 is 18.5. The number of amides is 1. The van der Waals surface area contributed by atoms with Crippen LogP contribution in [0.25, 0.3) is 11.6 Å². The molecular weight excluding hydrogens is 437 g/mol. The van der Waals surface area contributed by atoms with E-state index in [9.17, 15) is 19.1 Å². The van der Waals surface area contributed by atoms with Crippen molar-refractivity contribution in [3.63, 3.8) is 0 Å². The number of ether oxygens (including phenoxy) is 1. The number of benzene rings is 1. The van der Waals surface area contributed by atoms with Crippen LogP contribution in [0.4, 0.5) is 4.39 Å². The summed E-state index contributed by atoms with van der Waals surface area (Å²) in [4.78, 5) is 30.5. The molecule has 1 aromatic carbocycles. The average Bonchev–Trinajstić information content (AvgIpc) is 2.80. The highest BCUT2D eigenvalue weighted by atomic mass is 19.1. The fourth-order valence-electron chi connectivity index (χ4n) is 3.93. The Morgan fingerprint density at radius 3 is 2.53 bits per heavy atom. The summed E-state index contributed by atoms with van der Waals surface area (Å²) in [5, 5.41) is 14.5. The molecule has 1 saturated heterocycles. The van der Waals surface area contributed by atoms with Crippen LogP contribution in [0, 0.1) is 5.82 Å². The van der Waals surface area contributed by atoms with Crippen LogP contribution in [-0.2, 0) is 11.2 Å². The molecule has 7 nitrogen and oxygen atoms in total. The van der Waals surface area contributed by atoms with Gasteiger partial charge in [0.05, 0.1) is 18.6 Å². The summed E-state index contributed by atoms with van der Waals surface area (Å²) >= 11 is 0. The maximum absolute atomic E-state index is 13.2. The summed E-state index contributed by atoms with van der Waals surface area (Å²) in [5.41, 5.74) is 1.57. The van der Waals surface area contributed by atoms with E-state index >= 15 is 0 Å². The normalized spacial score (nSPS) is 15.4. The van der Waals surface area contributed by atoms with Gasteiger partial charge in [0.2, 0.25) is 0 Å². The first-order valence-corrected chi connectivity index (χ1v) is 11.4. The van der Waals surface area contributed by atoms with Gasteiger partial charge < -0.3 is 20.1 Å². The van der Waals surface area contributed by atoms with Crippen molar-refractivity contribution in [1.29, 1.82) is 0 Å². The van der Waals surface area contributed by atoms with Gasteiger partial charge in [0.25, 0.3) is 11.5 Å². The molecule has 0 radical (unpaired) electrons. The minimum Gasteiger partial charge on any atom is -0.506 e. The largest absolute Gasteiger partial charge is 0.506 e. The van der Waals surface area contributed by atoms with Crippen molar-refractivity contribution < 1.29 is 19.0 Å². The average molecular weight is 470 g/mol. The molecule has 34 heavy (non-hydrogen) atoms. The van der Waals surface area contributed by atoms with Crippen LogP contribution in [-0.4, -0.2) is 60.3 Å². The Morgan fingerprint density at radius 2 is 1.91 bits per heavy atom. The van der Waals surface area contributed by atoms with E-state index < -0.39 is 11.5 Å². The van der Waals surface area contributed by atoms with Gasteiger partial charge in [-0.15, -0.1) is 0 Å². The molecule has 0 spiro atoms. The van der Waals surface area contributed by atoms with Gasteiger partial charge in [-0.05, 0) is 56.5 Å². The van der Waals surface area contributed by atoms with Crippen molar-refractivity contribution in [3.8, 4) is 5.75 Å². The number of aromatic nitrogens is 1. The number of halogens is 1. The number of morpholine rings is 1. The van der Waals surface area contributed by atoms with Crippen LogP contribution in [0.2, 0.25) is 0 Å². The van der Waals surface area contributed by atoms with Gasteiger partial charge in [-0.3, -0.25) is 14.5 Å². The number of rotatable bonds is 7. The topological polar surface area (TPSA) is 94.7 Å². The quantitative estimate of drug-likeness (QED) is 0.571. The van der Waals surface area contributed by atoms with E-state index in [4.69, 9.17) is 4.74 Å². The number of H-pyrrole nitrogens is 1. The second-order valence-electron chi connectivity index (χ2n) is 8.49. The monoisotopic (exact) mass is 469 g/mol. The minimum absolute atomic E-state index is 0.295. The molecule has 1 aromatic heterocycles. The van der Waals surface area contributed by atoms with E-state index in [1.54, 1.807) is 32.1 Å². The molecular formula is C26H32FN3O4. The lowest BCUT2D eigenvalue weighted by Gasteiger charge is -2.26. The predicted octanol–water partition coefficient (Wildman–Crippen LogP) is 1.44. The van der Waals surface area contributed by atoms with Crippen molar-refractivity contribution in [1.82, 2.24) is 15.2 Å². The summed E-state index contributed by atoms with van der Waals surface area (Å²) in [6.07, 6.45) is 4.18. The van der Waals surface area contributed by atoms with Crippen molar-refractivity contribution in [2.45, 2.75) is 27.2 Å². The Morgan fingerprint density at radius 1 is 1.24 bits per heavy atom. The Labute approximate surface area is 198 Å². The molecule has 1 aliphatic heterocycles. The van der Waals surface area contributed by atoms with Crippen LogP contribution in [0.15, 0.2) is 40.7 Å². The zero-order chi connectivity index (χ0) is 24.7. The smallest absolute Gasteiger partial charge is 0.265 e. The zero-order valence-corrected chi connectivity index (χ0v) is 19.9. The Hall–Kier alpha value is -3.23. The van der Waals surface area contributed by atoms with E-state index in [1.807, 2.05) is 13.0 Å². The molecule has 0 aliphatic carbocycles. The van der Waals surface area contributed by atoms with Crippen LogP contribution in [0.1, 0.15) is 36.7 Å². The summed E-state index contributed by atoms with van der Waals surface area (Å²) in [6, 6.07) is 6.21. The maximum Gasteiger partial charge on any atom is 0.265 e. The van der Waals surface area contributed by atoms with E-state index in [0.29, 0.717) is 43.3 Å². The minimum atomic E-state index is -0.658. The molecule has 8 heteroatoms. The molecule has 1 aliphatic rings. The van der Waals surface area contributed by atoms with Gasteiger partial charge in [0.15, 0.2) is 0 Å². The number of aromatic amines is 1. The van der Waals surface area contributed by atoms with E-state index in [1.165, 1.54) is 12.1 Å². The molecule has 0 atom stereocenters.